The molecule has 1 heterocycles. The van der Waals surface area contributed by atoms with E-state index in [1.54, 1.807) is 4.31 Å². The van der Waals surface area contributed by atoms with Gasteiger partial charge in [0.15, 0.2) is 0 Å². The van der Waals surface area contributed by atoms with E-state index in [0.717, 1.165) is 17.9 Å². The topological polar surface area (TPSA) is 37.4 Å². The molecule has 11 heavy (non-hydrogen) atoms. The van der Waals surface area contributed by atoms with E-state index in [1.165, 1.54) is 6.26 Å². The summed E-state index contributed by atoms with van der Waals surface area (Å²) in [6.07, 6.45) is 2.26. The molecule has 0 aromatic rings. The number of sulfonamides is 1. The van der Waals surface area contributed by atoms with Gasteiger partial charge in [0.25, 0.3) is 0 Å². The van der Waals surface area contributed by atoms with Crippen LogP contribution in [0.1, 0.15) is 6.42 Å². The summed E-state index contributed by atoms with van der Waals surface area (Å²) in [7, 11) is -2.93. The van der Waals surface area contributed by atoms with E-state index in [1.807, 2.05) is 11.8 Å². The molecule has 66 valence electrons. The summed E-state index contributed by atoms with van der Waals surface area (Å²) < 4.78 is 23.7. The van der Waals surface area contributed by atoms with Gasteiger partial charge in [-0.2, -0.15) is 11.8 Å². The molecule has 0 radical (unpaired) electrons. The predicted molar refractivity (Wildman–Crippen MR) is 48.4 cm³/mol. The lowest BCUT2D eigenvalue weighted by molar-refractivity contribution is 0.439. The molecule has 0 aromatic heterocycles. The van der Waals surface area contributed by atoms with Crippen molar-refractivity contribution >= 4 is 21.8 Å². The Morgan fingerprint density at radius 2 is 2.00 bits per heavy atom. The van der Waals surface area contributed by atoms with Gasteiger partial charge in [0, 0.05) is 18.8 Å². The molecule has 0 atom stereocenters. The molecular formula is C6H13NO2S2. The molecule has 1 aliphatic rings. The highest BCUT2D eigenvalue weighted by atomic mass is 32.2. The fourth-order valence-corrected chi connectivity index (χ4v) is 2.94. The second-order valence-corrected chi connectivity index (χ2v) is 5.84. The van der Waals surface area contributed by atoms with Crippen LogP contribution in [0.15, 0.2) is 0 Å². The van der Waals surface area contributed by atoms with E-state index in [-0.39, 0.29) is 0 Å². The lowest BCUT2D eigenvalue weighted by atomic mass is 10.5. The first kappa shape index (κ1) is 9.35. The maximum Gasteiger partial charge on any atom is 0.211 e. The van der Waals surface area contributed by atoms with Gasteiger partial charge in [-0.05, 0) is 12.2 Å². The van der Waals surface area contributed by atoms with Gasteiger partial charge in [-0.1, -0.05) is 0 Å². The number of nitrogens with zero attached hydrogens (tertiary/aromatic N) is 1. The van der Waals surface area contributed by atoms with Crippen molar-refractivity contribution in [1.29, 1.82) is 0 Å². The zero-order chi connectivity index (χ0) is 8.32. The van der Waals surface area contributed by atoms with Crippen molar-refractivity contribution in [2.75, 3.05) is 30.9 Å². The molecule has 1 aliphatic heterocycles. The SMILES string of the molecule is CS(=O)(=O)N1CCCSCC1. The van der Waals surface area contributed by atoms with Crippen LogP contribution >= 0.6 is 11.8 Å². The molecule has 0 unspecified atom stereocenters. The Bertz CT molecular complexity index is 205. The van der Waals surface area contributed by atoms with Crippen molar-refractivity contribution in [2.45, 2.75) is 6.42 Å². The standard InChI is InChI=1S/C6H13NO2S2/c1-11(8,9)7-3-2-5-10-6-4-7/h2-6H2,1H3. The van der Waals surface area contributed by atoms with Crippen LogP contribution in [-0.4, -0.2) is 43.6 Å². The van der Waals surface area contributed by atoms with Crippen molar-refractivity contribution < 1.29 is 8.42 Å². The van der Waals surface area contributed by atoms with Crippen LogP contribution in [-0.2, 0) is 10.0 Å². The maximum absolute atomic E-state index is 11.1. The highest BCUT2D eigenvalue weighted by Crippen LogP contribution is 2.11. The fraction of sp³-hybridized carbons (Fsp3) is 1.00. The first-order valence-corrected chi connectivity index (χ1v) is 6.64. The second-order valence-electron chi connectivity index (χ2n) is 2.63. The van der Waals surface area contributed by atoms with Crippen LogP contribution in [0.4, 0.5) is 0 Å². The number of rotatable bonds is 1. The number of hydrogen-bond donors (Lipinski definition) is 0. The Hall–Kier alpha value is 0.260. The summed E-state index contributed by atoms with van der Waals surface area (Å²) in [4.78, 5) is 0. The molecule has 3 nitrogen and oxygen atoms in total. The first-order valence-electron chi connectivity index (χ1n) is 3.63. The molecule has 0 saturated carbocycles. The van der Waals surface area contributed by atoms with E-state index >= 15 is 0 Å². The molecule has 1 fully saturated rings. The van der Waals surface area contributed by atoms with Crippen LogP contribution in [0.25, 0.3) is 0 Å². The van der Waals surface area contributed by atoms with Crippen LogP contribution in [0.5, 0.6) is 0 Å². The molecule has 0 bridgehead atoms. The highest BCUT2D eigenvalue weighted by molar-refractivity contribution is 7.99. The van der Waals surface area contributed by atoms with Gasteiger partial charge in [0.1, 0.15) is 0 Å². The van der Waals surface area contributed by atoms with Crippen molar-refractivity contribution in [3.63, 3.8) is 0 Å². The molecule has 5 heteroatoms. The van der Waals surface area contributed by atoms with Crippen molar-refractivity contribution in [2.24, 2.45) is 0 Å². The van der Waals surface area contributed by atoms with Gasteiger partial charge < -0.3 is 0 Å². The van der Waals surface area contributed by atoms with Crippen LogP contribution in [0, 0.1) is 0 Å². The average Bonchev–Trinajstić information content (AvgIpc) is 2.10. The van der Waals surface area contributed by atoms with Crippen molar-refractivity contribution in [3.8, 4) is 0 Å². The van der Waals surface area contributed by atoms with E-state index in [4.69, 9.17) is 0 Å². The maximum atomic E-state index is 11.1. The molecule has 0 aliphatic carbocycles. The summed E-state index contributed by atoms with van der Waals surface area (Å²) in [5, 5.41) is 0. The lowest BCUT2D eigenvalue weighted by Gasteiger charge is -2.15. The van der Waals surface area contributed by atoms with Crippen molar-refractivity contribution in [1.82, 2.24) is 4.31 Å². The van der Waals surface area contributed by atoms with Gasteiger partial charge in [-0.3, -0.25) is 0 Å². The summed E-state index contributed by atoms with van der Waals surface area (Å²) in [5.74, 6) is 2.03. The Balaban J connectivity index is 2.57. The summed E-state index contributed by atoms with van der Waals surface area (Å²) >= 11 is 1.83. The molecule has 0 aromatic carbocycles. The zero-order valence-corrected chi connectivity index (χ0v) is 8.25. The van der Waals surface area contributed by atoms with Gasteiger partial charge in [-0.25, -0.2) is 12.7 Å². The third-order valence-electron chi connectivity index (χ3n) is 1.65. The minimum absolute atomic E-state index is 0.684. The summed E-state index contributed by atoms with van der Waals surface area (Å²) in [6.45, 7) is 1.38. The molecule has 0 N–H and O–H groups in total. The Kier molecular flexibility index (Phi) is 3.21. The molecular weight excluding hydrogens is 182 g/mol. The van der Waals surface area contributed by atoms with E-state index in [9.17, 15) is 8.42 Å². The van der Waals surface area contributed by atoms with Gasteiger partial charge in [0.2, 0.25) is 10.0 Å². The van der Waals surface area contributed by atoms with Gasteiger partial charge >= 0.3 is 0 Å². The fourth-order valence-electron chi connectivity index (χ4n) is 1.05. The van der Waals surface area contributed by atoms with E-state index < -0.39 is 10.0 Å². The monoisotopic (exact) mass is 195 g/mol. The third kappa shape index (κ3) is 3.01. The number of thioether (sulfide) groups is 1. The number of hydrogen-bond acceptors (Lipinski definition) is 3. The smallest absolute Gasteiger partial charge is 0.211 e. The van der Waals surface area contributed by atoms with Crippen LogP contribution in [0.3, 0.4) is 0 Å². The third-order valence-corrected chi connectivity index (χ3v) is 4.00. The summed E-state index contributed by atoms with van der Waals surface area (Å²) in [6, 6.07) is 0. The highest BCUT2D eigenvalue weighted by Gasteiger charge is 2.17. The normalized spacial score (nSPS) is 23.0. The Morgan fingerprint density at radius 3 is 2.64 bits per heavy atom. The van der Waals surface area contributed by atoms with Crippen LogP contribution in [0.2, 0.25) is 0 Å². The van der Waals surface area contributed by atoms with Crippen molar-refractivity contribution in [3.05, 3.63) is 0 Å². The Morgan fingerprint density at radius 1 is 1.27 bits per heavy atom. The minimum atomic E-state index is -2.93. The van der Waals surface area contributed by atoms with E-state index in [0.29, 0.717) is 13.1 Å². The van der Waals surface area contributed by atoms with Crippen LogP contribution < -0.4 is 0 Å². The molecule has 0 spiro atoms. The lowest BCUT2D eigenvalue weighted by Crippen LogP contribution is -2.31. The predicted octanol–water partition coefficient (Wildman–Crippen LogP) is 0.385. The largest absolute Gasteiger partial charge is 0.213 e. The minimum Gasteiger partial charge on any atom is -0.213 e. The first-order chi connectivity index (χ1) is 5.11. The zero-order valence-electron chi connectivity index (χ0n) is 6.62. The summed E-state index contributed by atoms with van der Waals surface area (Å²) in [5.41, 5.74) is 0. The van der Waals surface area contributed by atoms with Gasteiger partial charge in [0.05, 0.1) is 6.26 Å². The van der Waals surface area contributed by atoms with Gasteiger partial charge in [-0.15, -0.1) is 0 Å². The Labute approximate surface area is 72.2 Å². The molecule has 1 saturated heterocycles. The molecule has 0 amide bonds. The second kappa shape index (κ2) is 3.78. The molecule has 1 rings (SSSR count). The quantitative estimate of drug-likeness (QED) is 0.607. The van der Waals surface area contributed by atoms with E-state index in [2.05, 4.69) is 0 Å². The average molecular weight is 195 g/mol.